The van der Waals surface area contributed by atoms with Crippen molar-refractivity contribution in [3.63, 3.8) is 0 Å². The molecule has 1 atom stereocenters. The van der Waals surface area contributed by atoms with Crippen LogP contribution in [0.5, 0.6) is 0 Å². The maximum absolute atomic E-state index is 11.0. The quantitative estimate of drug-likeness (QED) is 0.609. The van der Waals surface area contributed by atoms with Crippen LogP contribution in [-0.4, -0.2) is 37.6 Å². The third kappa shape index (κ3) is 4.79. The number of nitrogens with zero attached hydrogens (tertiary/aromatic N) is 1. The van der Waals surface area contributed by atoms with E-state index in [0.29, 0.717) is 0 Å². The topological polar surface area (TPSA) is 29.5 Å². The molecule has 0 aliphatic carbocycles. The van der Waals surface area contributed by atoms with E-state index in [2.05, 4.69) is 0 Å². The Morgan fingerprint density at radius 1 is 1.55 bits per heavy atom. The number of rotatable bonds is 4. The molecule has 0 spiro atoms. The van der Waals surface area contributed by atoms with Gasteiger partial charge in [-0.25, -0.2) is 0 Å². The van der Waals surface area contributed by atoms with Crippen LogP contribution in [0.1, 0.15) is 20.3 Å². The van der Waals surface area contributed by atoms with Gasteiger partial charge in [0.15, 0.2) is 0 Å². The number of carbonyl (C=O) groups is 1. The molecule has 1 unspecified atom stereocenters. The zero-order chi connectivity index (χ0) is 8.85. The highest BCUT2D eigenvalue weighted by atomic mass is 16.5. The number of hydrogen-bond acceptors (Lipinski definition) is 2. The van der Waals surface area contributed by atoms with Crippen molar-refractivity contribution in [2.24, 2.45) is 0 Å². The highest BCUT2D eigenvalue weighted by molar-refractivity contribution is 5.76. The lowest BCUT2D eigenvalue weighted by molar-refractivity contribution is -0.135. The van der Waals surface area contributed by atoms with Crippen LogP contribution in [0.15, 0.2) is 0 Å². The second-order valence-electron chi connectivity index (χ2n) is 2.82. The minimum atomic E-state index is 0.0188. The third-order valence-electron chi connectivity index (χ3n) is 1.57. The maximum Gasteiger partial charge on any atom is 0.248 e. The van der Waals surface area contributed by atoms with Gasteiger partial charge in [-0.1, -0.05) is 6.92 Å². The molecule has 0 aromatic carbocycles. The van der Waals surface area contributed by atoms with Crippen LogP contribution in [0.3, 0.4) is 0 Å². The summed E-state index contributed by atoms with van der Waals surface area (Å²) in [6, 6.07) is 0. The monoisotopic (exact) mass is 159 g/mol. The van der Waals surface area contributed by atoms with Gasteiger partial charge in [-0.15, -0.1) is 0 Å². The summed E-state index contributed by atoms with van der Waals surface area (Å²) in [7, 11) is 3.45. The molecule has 0 heterocycles. The molecule has 66 valence electrons. The van der Waals surface area contributed by atoms with Crippen LogP contribution in [0.4, 0.5) is 0 Å². The zero-order valence-electron chi connectivity index (χ0n) is 7.76. The smallest absolute Gasteiger partial charge is 0.248 e. The summed E-state index contributed by atoms with van der Waals surface area (Å²) in [6.45, 7) is 4.19. The van der Waals surface area contributed by atoms with E-state index in [1.165, 1.54) is 4.90 Å². The van der Waals surface area contributed by atoms with Gasteiger partial charge in [-0.05, 0) is 13.3 Å². The Morgan fingerprint density at radius 3 is 2.45 bits per heavy atom. The molecule has 11 heavy (non-hydrogen) atoms. The minimum Gasteiger partial charge on any atom is -0.369 e. The normalized spacial score (nSPS) is 12.7. The fourth-order valence-corrected chi connectivity index (χ4v) is 0.460. The predicted molar refractivity (Wildman–Crippen MR) is 44.4 cm³/mol. The molecule has 0 aliphatic heterocycles. The third-order valence-corrected chi connectivity index (χ3v) is 1.57. The Labute approximate surface area is 68.3 Å². The van der Waals surface area contributed by atoms with E-state index in [0.717, 1.165) is 6.42 Å². The molecule has 3 heteroatoms. The summed E-state index contributed by atoms with van der Waals surface area (Å²) in [4.78, 5) is 12.5. The lowest BCUT2D eigenvalue weighted by atomic mass is 10.3. The molecule has 1 amide bonds. The first kappa shape index (κ1) is 10.4. The molecule has 3 nitrogen and oxygen atoms in total. The summed E-state index contributed by atoms with van der Waals surface area (Å²) in [5.74, 6) is 0.0188. The lowest BCUT2D eigenvalue weighted by Crippen LogP contribution is -2.27. The van der Waals surface area contributed by atoms with Crippen LogP contribution in [-0.2, 0) is 9.53 Å². The Morgan fingerprint density at radius 2 is 2.09 bits per heavy atom. The van der Waals surface area contributed by atoms with Crippen LogP contribution < -0.4 is 0 Å². The molecule has 0 bridgehead atoms. The first-order valence-electron chi connectivity index (χ1n) is 3.89. The molecule has 0 aromatic heterocycles. The van der Waals surface area contributed by atoms with E-state index in [4.69, 9.17) is 4.74 Å². The Kier molecular flexibility index (Phi) is 4.86. The van der Waals surface area contributed by atoms with Gasteiger partial charge >= 0.3 is 0 Å². The van der Waals surface area contributed by atoms with Crippen molar-refractivity contribution in [2.45, 2.75) is 26.4 Å². The number of likely N-dealkylation sites (N-methyl/N-ethyl adjacent to an activating group) is 1. The second-order valence-corrected chi connectivity index (χ2v) is 2.82. The molecular weight excluding hydrogens is 142 g/mol. The molecule has 0 fully saturated rings. The van der Waals surface area contributed by atoms with E-state index in [-0.39, 0.29) is 18.6 Å². The van der Waals surface area contributed by atoms with Crippen molar-refractivity contribution in [3.05, 3.63) is 0 Å². The van der Waals surface area contributed by atoms with E-state index in [9.17, 15) is 4.79 Å². The van der Waals surface area contributed by atoms with Crippen molar-refractivity contribution >= 4 is 5.91 Å². The van der Waals surface area contributed by atoms with Gasteiger partial charge in [0.25, 0.3) is 0 Å². The van der Waals surface area contributed by atoms with Gasteiger partial charge in [-0.3, -0.25) is 4.79 Å². The van der Waals surface area contributed by atoms with Crippen molar-refractivity contribution < 1.29 is 9.53 Å². The summed E-state index contributed by atoms with van der Waals surface area (Å²) in [5.41, 5.74) is 0. The molecule has 0 radical (unpaired) electrons. The molecule has 0 N–H and O–H groups in total. The summed E-state index contributed by atoms with van der Waals surface area (Å²) < 4.78 is 5.22. The van der Waals surface area contributed by atoms with E-state index in [1.54, 1.807) is 14.1 Å². The highest BCUT2D eigenvalue weighted by Gasteiger charge is 2.05. The van der Waals surface area contributed by atoms with E-state index < -0.39 is 0 Å². The Bertz CT molecular complexity index is 123. The van der Waals surface area contributed by atoms with E-state index >= 15 is 0 Å². The van der Waals surface area contributed by atoms with Gasteiger partial charge < -0.3 is 9.64 Å². The van der Waals surface area contributed by atoms with Gasteiger partial charge in [0.05, 0.1) is 6.10 Å². The molecule has 0 aliphatic rings. The molecular formula is C8H17NO2. The standard InChI is InChI=1S/C8H17NO2/c1-5-7(2)11-6-8(10)9(3)4/h7H,5-6H2,1-4H3. The average Bonchev–Trinajstić information content (AvgIpc) is 1.99. The molecule has 0 aromatic rings. The number of carbonyl (C=O) groups excluding carboxylic acids is 1. The second kappa shape index (κ2) is 5.13. The lowest BCUT2D eigenvalue weighted by Gasteiger charge is -2.13. The molecule has 0 saturated carbocycles. The van der Waals surface area contributed by atoms with Crippen LogP contribution in [0.25, 0.3) is 0 Å². The number of ether oxygens (including phenoxy) is 1. The zero-order valence-corrected chi connectivity index (χ0v) is 7.76. The fraction of sp³-hybridized carbons (Fsp3) is 0.875. The van der Waals surface area contributed by atoms with Crippen molar-refractivity contribution in [1.29, 1.82) is 0 Å². The minimum absolute atomic E-state index is 0.0188. The largest absolute Gasteiger partial charge is 0.369 e. The van der Waals surface area contributed by atoms with Gasteiger partial charge in [0, 0.05) is 14.1 Å². The van der Waals surface area contributed by atoms with Crippen molar-refractivity contribution in [2.75, 3.05) is 20.7 Å². The van der Waals surface area contributed by atoms with E-state index in [1.807, 2.05) is 13.8 Å². The Balaban J connectivity index is 3.46. The summed E-state index contributed by atoms with van der Waals surface area (Å²) >= 11 is 0. The van der Waals surface area contributed by atoms with Crippen molar-refractivity contribution in [3.8, 4) is 0 Å². The number of hydrogen-bond donors (Lipinski definition) is 0. The first-order valence-corrected chi connectivity index (χ1v) is 3.89. The SMILES string of the molecule is CCC(C)OCC(=O)N(C)C. The van der Waals surface area contributed by atoms with Gasteiger partial charge in [-0.2, -0.15) is 0 Å². The maximum atomic E-state index is 11.0. The highest BCUT2D eigenvalue weighted by Crippen LogP contribution is 1.95. The Hall–Kier alpha value is -0.570. The number of amides is 1. The summed E-state index contributed by atoms with van der Waals surface area (Å²) in [5, 5.41) is 0. The first-order chi connectivity index (χ1) is 5.07. The van der Waals surface area contributed by atoms with Crippen molar-refractivity contribution in [1.82, 2.24) is 4.90 Å². The summed E-state index contributed by atoms with van der Waals surface area (Å²) in [6.07, 6.45) is 1.12. The van der Waals surface area contributed by atoms with Crippen LogP contribution in [0.2, 0.25) is 0 Å². The van der Waals surface area contributed by atoms with Gasteiger partial charge in [0.1, 0.15) is 6.61 Å². The van der Waals surface area contributed by atoms with Gasteiger partial charge in [0.2, 0.25) is 5.91 Å². The van der Waals surface area contributed by atoms with Crippen LogP contribution >= 0.6 is 0 Å². The molecule has 0 rings (SSSR count). The fourth-order valence-electron chi connectivity index (χ4n) is 0.460. The van der Waals surface area contributed by atoms with Crippen LogP contribution in [0, 0.1) is 0 Å². The molecule has 0 saturated heterocycles. The average molecular weight is 159 g/mol. The predicted octanol–water partition coefficient (Wildman–Crippen LogP) is 0.890.